The fraction of sp³-hybridized carbons (Fsp3) is 0.391. The van der Waals surface area contributed by atoms with Gasteiger partial charge in [-0.1, -0.05) is 11.8 Å². The first-order chi connectivity index (χ1) is 19.5. The number of benzene rings is 1. The third-order valence-corrected chi connectivity index (χ3v) is 6.88. The van der Waals surface area contributed by atoms with Crippen LogP contribution in [-0.2, 0) is 15.6 Å². The van der Waals surface area contributed by atoms with Crippen molar-refractivity contribution < 1.29 is 49.5 Å². The van der Waals surface area contributed by atoms with Gasteiger partial charge in [-0.3, -0.25) is 30.3 Å². The summed E-state index contributed by atoms with van der Waals surface area (Å²) in [7, 11) is 1.26. The number of alkyl halides is 7. The van der Waals surface area contributed by atoms with Gasteiger partial charge in [-0.05, 0) is 30.7 Å². The maximum absolute atomic E-state index is 14.5. The van der Waals surface area contributed by atoms with Crippen LogP contribution in [0.3, 0.4) is 0 Å². The molecule has 1 saturated heterocycles. The van der Waals surface area contributed by atoms with Crippen LogP contribution >= 0.6 is 11.8 Å². The number of nitrogens with zero attached hydrogens (tertiary/aromatic N) is 3. The van der Waals surface area contributed by atoms with Gasteiger partial charge in [0.05, 0.1) is 24.9 Å². The van der Waals surface area contributed by atoms with Crippen LogP contribution < -0.4 is 16.6 Å². The summed E-state index contributed by atoms with van der Waals surface area (Å²) in [5, 5.41) is 11.0. The minimum atomic E-state index is -6.65. The summed E-state index contributed by atoms with van der Waals surface area (Å²) in [5.74, 6) is -10.5. The number of anilines is 2. The van der Waals surface area contributed by atoms with Crippen LogP contribution in [0.1, 0.15) is 28.8 Å². The number of carbonyl (C=O) groups is 2. The smallest absolute Gasteiger partial charge is 0.341 e. The van der Waals surface area contributed by atoms with Gasteiger partial charge in [0, 0.05) is 36.2 Å². The average molecular weight is 630 g/mol. The Morgan fingerprint density at radius 2 is 1.90 bits per heavy atom. The van der Waals surface area contributed by atoms with E-state index in [2.05, 4.69) is 10.5 Å². The number of hydrazine groups is 1. The molecule has 2 amide bonds. The summed E-state index contributed by atoms with van der Waals surface area (Å²) in [6.45, 7) is 0.887. The Morgan fingerprint density at radius 3 is 2.48 bits per heavy atom. The zero-order chi connectivity index (χ0) is 31.5. The lowest BCUT2D eigenvalue weighted by molar-refractivity contribution is -0.359. The molecule has 19 heteroatoms. The molecule has 1 aromatic heterocycles. The Kier molecular flexibility index (Phi) is 9.88. The van der Waals surface area contributed by atoms with Gasteiger partial charge < -0.3 is 10.2 Å². The number of rotatable bonds is 10. The molecule has 0 bridgehead atoms. The van der Waals surface area contributed by atoms with Crippen LogP contribution in [0.2, 0.25) is 0 Å². The molecular formula is C23H23F8N7O3S. The van der Waals surface area contributed by atoms with Gasteiger partial charge in [0.1, 0.15) is 0 Å². The molecule has 1 aliphatic heterocycles. The zero-order valence-corrected chi connectivity index (χ0v) is 22.3. The molecule has 10 nitrogen and oxygen atoms in total. The van der Waals surface area contributed by atoms with Gasteiger partial charge in [0.25, 0.3) is 5.91 Å². The Bertz CT molecular complexity index is 1350. The van der Waals surface area contributed by atoms with Gasteiger partial charge >= 0.3 is 18.0 Å². The summed E-state index contributed by atoms with van der Waals surface area (Å²) >= 11 is 0.690. The van der Waals surface area contributed by atoms with E-state index in [1.165, 1.54) is 25.3 Å². The molecule has 2 heterocycles. The molecule has 1 aliphatic rings. The maximum atomic E-state index is 14.5. The number of carbonyl (C=O) groups excluding carboxylic acids is 2. The van der Waals surface area contributed by atoms with Crippen molar-refractivity contribution in [2.24, 2.45) is 5.84 Å². The number of hydrogen-bond acceptors (Lipinski definition) is 8. The van der Waals surface area contributed by atoms with E-state index in [9.17, 15) is 44.7 Å². The number of amides is 2. The molecule has 2 aromatic rings. The summed E-state index contributed by atoms with van der Waals surface area (Å²) in [4.78, 5) is 34.3. The number of amidine groups is 1. The number of thioether (sulfide) groups is 1. The van der Waals surface area contributed by atoms with Crippen molar-refractivity contribution in [2.75, 3.05) is 37.5 Å². The Hall–Kier alpha value is -3.71. The molecule has 3 rings (SSSR count). The third-order valence-electron chi connectivity index (χ3n) is 5.88. The highest BCUT2D eigenvalue weighted by atomic mass is 32.2. The second-order valence-corrected chi connectivity index (χ2v) is 9.79. The van der Waals surface area contributed by atoms with Gasteiger partial charge in [0.15, 0.2) is 16.8 Å². The van der Waals surface area contributed by atoms with E-state index in [0.717, 1.165) is 5.01 Å². The van der Waals surface area contributed by atoms with Crippen molar-refractivity contribution in [2.45, 2.75) is 35.8 Å². The number of aromatic nitrogens is 1. The van der Waals surface area contributed by atoms with Crippen molar-refractivity contribution in [1.82, 2.24) is 14.9 Å². The van der Waals surface area contributed by atoms with Crippen LogP contribution in [0.5, 0.6) is 0 Å². The fourth-order valence-corrected chi connectivity index (χ4v) is 4.46. The third kappa shape index (κ3) is 7.01. The van der Waals surface area contributed by atoms with Crippen molar-refractivity contribution >= 4 is 40.2 Å². The molecule has 230 valence electrons. The van der Waals surface area contributed by atoms with Crippen LogP contribution in [-0.4, -0.2) is 70.7 Å². The monoisotopic (exact) mass is 629 g/mol. The Morgan fingerprint density at radius 1 is 1.21 bits per heavy atom. The van der Waals surface area contributed by atoms with Crippen LogP contribution in [0.15, 0.2) is 35.4 Å². The number of halogens is 8. The molecular weight excluding hydrogens is 606 g/mol. The summed E-state index contributed by atoms with van der Waals surface area (Å²) in [6, 6.07) is 3.70. The molecule has 0 radical (unpaired) electrons. The lowest BCUT2D eigenvalue weighted by Gasteiger charge is -2.28. The molecule has 0 spiro atoms. The number of hydrogen-bond donors (Lipinski definition) is 4. The van der Waals surface area contributed by atoms with Gasteiger partial charge in [0.2, 0.25) is 5.91 Å². The fourth-order valence-electron chi connectivity index (χ4n) is 3.65. The first kappa shape index (κ1) is 32.8. The lowest BCUT2D eigenvalue weighted by atomic mass is 10.0. The summed E-state index contributed by atoms with van der Waals surface area (Å²) in [6.07, 6.45) is -5.65. The van der Waals surface area contributed by atoms with E-state index in [0.29, 0.717) is 31.1 Å². The largest absolute Gasteiger partial charge is 0.460 e. The van der Waals surface area contributed by atoms with Crippen molar-refractivity contribution in [3.63, 3.8) is 0 Å². The minimum Gasteiger partial charge on any atom is -0.341 e. The molecule has 0 aliphatic carbocycles. The van der Waals surface area contributed by atoms with E-state index in [-0.39, 0.29) is 52.6 Å². The van der Waals surface area contributed by atoms with Crippen LogP contribution in [0.4, 0.5) is 46.6 Å². The first-order valence-electron chi connectivity index (χ1n) is 11.8. The molecule has 0 unspecified atom stereocenters. The second-order valence-electron chi connectivity index (χ2n) is 8.76. The molecule has 0 atom stereocenters. The summed E-state index contributed by atoms with van der Waals surface area (Å²) in [5.41, 5.74) is 0.323. The van der Waals surface area contributed by atoms with E-state index in [4.69, 9.17) is 16.1 Å². The van der Waals surface area contributed by atoms with Gasteiger partial charge in [-0.2, -0.15) is 30.7 Å². The highest BCUT2D eigenvalue weighted by Crippen LogP contribution is 2.51. The first-order valence-corrected chi connectivity index (χ1v) is 12.6. The molecule has 42 heavy (non-hydrogen) atoms. The SMILES string of the molecule is CONc1ccc(SC(=N)N(N)CCN2CCCC2=O)c(C(=O)Nc2ncc(C(F)(F)C(F)(F)C(F)(F)F)cc2F)c1. The van der Waals surface area contributed by atoms with Gasteiger partial charge in [-0.15, -0.1) is 0 Å². The number of nitrogens with one attached hydrogen (secondary N) is 3. The van der Waals surface area contributed by atoms with E-state index >= 15 is 0 Å². The number of pyridine rings is 1. The highest BCUT2D eigenvalue weighted by Gasteiger charge is 2.73. The minimum absolute atomic E-state index is 0.0468. The average Bonchev–Trinajstić information content (AvgIpc) is 3.32. The van der Waals surface area contributed by atoms with Crippen molar-refractivity contribution in [3.8, 4) is 0 Å². The van der Waals surface area contributed by atoms with Crippen LogP contribution in [0, 0.1) is 11.2 Å². The van der Waals surface area contributed by atoms with Crippen molar-refractivity contribution in [1.29, 1.82) is 5.41 Å². The Balaban J connectivity index is 1.81. The van der Waals surface area contributed by atoms with Crippen LogP contribution in [0.25, 0.3) is 0 Å². The van der Waals surface area contributed by atoms with E-state index < -0.39 is 41.1 Å². The molecule has 1 fully saturated rings. The summed E-state index contributed by atoms with van der Waals surface area (Å²) < 4.78 is 107. The topological polar surface area (TPSA) is 137 Å². The Labute approximate surface area is 237 Å². The molecule has 5 N–H and O–H groups in total. The standard InChI is InChI=1S/C23H23F8N7O3S/c1-41-36-13-4-5-16(42-20(32)38(33)8-7-37-6-2-3-17(37)39)14(10-13)19(40)35-18-15(24)9-12(11-34-18)21(25,26)22(27,28)23(29,30)31/h4-5,9-11,32,36H,2-3,6-8,33H2,1H3,(H,34,35,40). The highest BCUT2D eigenvalue weighted by molar-refractivity contribution is 8.13. The zero-order valence-electron chi connectivity index (χ0n) is 21.5. The quantitative estimate of drug-likeness (QED) is 0.0750. The predicted molar refractivity (Wildman–Crippen MR) is 134 cm³/mol. The van der Waals surface area contributed by atoms with E-state index in [1.807, 2.05) is 5.32 Å². The van der Waals surface area contributed by atoms with E-state index in [1.54, 1.807) is 4.90 Å². The predicted octanol–water partition coefficient (Wildman–Crippen LogP) is 4.56. The van der Waals surface area contributed by atoms with Crippen molar-refractivity contribution in [3.05, 3.63) is 47.4 Å². The second kappa shape index (κ2) is 12.7. The number of likely N-dealkylation sites (tertiary alicyclic amines) is 1. The molecule has 0 saturated carbocycles. The number of nitrogens with two attached hydrogens (primary N) is 1. The normalized spacial score (nSPS) is 14.2. The van der Waals surface area contributed by atoms with Gasteiger partial charge in [-0.25, -0.2) is 15.2 Å². The lowest BCUT2D eigenvalue weighted by Crippen LogP contribution is -2.50. The maximum Gasteiger partial charge on any atom is 0.460 e. The molecule has 1 aromatic carbocycles.